The fourth-order valence-corrected chi connectivity index (χ4v) is 3.28. The standard InChI is InChI=1S/C20H24N4O4/c1-3-11-21-18(25)16-15-10-6-7-12-24(15)17(23-16)19(26)22-14-9-5-4-8-13(14)20(27)28-2/h4-5,8-9H,3,6-7,10-12H2,1-2H3,(H,21,25)(H,22,26). The highest BCUT2D eigenvalue weighted by molar-refractivity contribution is 6.07. The molecule has 0 bridgehead atoms. The minimum absolute atomic E-state index is 0.177. The van der Waals surface area contributed by atoms with Crippen molar-refractivity contribution in [1.82, 2.24) is 14.9 Å². The molecule has 0 atom stereocenters. The number of fused-ring (bicyclic) bond motifs is 1. The van der Waals surface area contributed by atoms with Gasteiger partial charge in [0.1, 0.15) is 5.69 Å². The molecule has 1 aromatic carbocycles. The highest BCUT2D eigenvalue weighted by atomic mass is 16.5. The number of imidazole rings is 1. The molecule has 0 spiro atoms. The SMILES string of the molecule is CCCNC(=O)c1nc(C(=O)Nc2ccccc2C(=O)OC)n2c1CCCC2. The van der Waals surface area contributed by atoms with Crippen molar-refractivity contribution in [3.05, 3.63) is 47.0 Å². The Balaban J connectivity index is 1.92. The summed E-state index contributed by atoms with van der Waals surface area (Å²) >= 11 is 0. The Morgan fingerprint density at radius 2 is 1.96 bits per heavy atom. The second-order valence-electron chi connectivity index (χ2n) is 6.59. The van der Waals surface area contributed by atoms with Crippen LogP contribution in [0.1, 0.15) is 63.3 Å². The van der Waals surface area contributed by atoms with Crippen molar-refractivity contribution in [1.29, 1.82) is 0 Å². The van der Waals surface area contributed by atoms with Gasteiger partial charge in [-0.15, -0.1) is 0 Å². The van der Waals surface area contributed by atoms with E-state index >= 15 is 0 Å². The lowest BCUT2D eigenvalue weighted by molar-refractivity contribution is 0.0601. The topological polar surface area (TPSA) is 102 Å². The van der Waals surface area contributed by atoms with E-state index in [-0.39, 0.29) is 17.3 Å². The van der Waals surface area contributed by atoms with E-state index in [1.165, 1.54) is 7.11 Å². The Hall–Kier alpha value is -3.16. The van der Waals surface area contributed by atoms with Gasteiger partial charge >= 0.3 is 5.97 Å². The number of nitrogens with one attached hydrogen (secondary N) is 2. The number of esters is 1. The Morgan fingerprint density at radius 1 is 1.18 bits per heavy atom. The number of anilines is 1. The molecule has 2 N–H and O–H groups in total. The fraction of sp³-hybridized carbons (Fsp3) is 0.400. The second-order valence-corrected chi connectivity index (χ2v) is 6.59. The number of benzene rings is 1. The molecule has 3 rings (SSSR count). The van der Waals surface area contributed by atoms with Crippen LogP contribution in [0.15, 0.2) is 24.3 Å². The maximum absolute atomic E-state index is 12.9. The molecule has 1 aromatic heterocycles. The monoisotopic (exact) mass is 384 g/mol. The predicted molar refractivity (Wildman–Crippen MR) is 104 cm³/mol. The van der Waals surface area contributed by atoms with Crippen LogP contribution in [0.2, 0.25) is 0 Å². The van der Waals surface area contributed by atoms with Crippen molar-refractivity contribution in [3.63, 3.8) is 0 Å². The summed E-state index contributed by atoms with van der Waals surface area (Å²) in [5.41, 5.74) is 1.68. The van der Waals surface area contributed by atoms with Crippen molar-refractivity contribution >= 4 is 23.5 Å². The van der Waals surface area contributed by atoms with Crippen molar-refractivity contribution in [3.8, 4) is 0 Å². The average molecular weight is 384 g/mol. The smallest absolute Gasteiger partial charge is 0.339 e. The molecule has 0 fully saturated rings. The highest BCUT2D eigenvalue weighted by Crippen LogP contribution is 2.23. The summed E-state index contributed by atoms with van der Waals surface area (Å²) in [6, 6.07) is 6.60. The van der Waals surface area contributed by atoms with E-state index in [4.69, 9.17) is 4.74 Å². The maximum Gasteiger partial charge on any atom is 0.339 e. The number of aromatic nitrogens is 2. The number of carbonyl (C=O) groups excluding carboxylic acids is 3. The number of ether oxygens (including phenoxy) is 1. The number of rotatable bonds is 6. The van der Waals surface area contributed by atoms with Gasteiger partial charge in [-0.2, -0.15) is 0 Å². The lowest BCUT2D eigenvalue weighted by Crippen LogP contribution is -2.26. The quantitative estimate of drug-likeness (QED) is 0.745. The molecule has 2 aromatic rings. The van der Waals surface area contributed by atoms with Gasteiger partial charge in [0, 0.05) is 13.1 Å². The summed E-state index contributed by atoms with van der Waals surface area (Å²) in [6.45, 7) is 3.16. The number of para-hydroxylation sites is 1. The molecular formula is C20H24N4O4. The van der Waals surface area contributed by atoms with E-state index in [1.807, 2.05) is 6.92 Å². The predicted octanol–water partition coefficient (Wildman–Crippen LogP) is 2.40. The summed E-state index contributed by atoms with van der Waals surface area (Å²) in [5.74, 6) is -1.09. The lowest BCUT2D eigenvalue weighted by Gasteiger charge is -2.17. The van der Waals surface area contributed by atoms with Crippen LogP contribution in [0.5, 0.6) is 0 Å². The van der Waals surface area contributed by atoms with Crippen molar-refractivity contribution in [2.75, 3.05) is 19.0 Å². The van der Waals surface area contributed by atoms with Crippen LogP contribution in [-0.2, 0) is 17.7 Å². The number of hydrogen-bond donors (Lipinski definition) is 2. The zero-order chi connectivity index (χ0) is 20.1. The molecule has 0 saturated heterocycles. The largest absolute Gasteiger partial charge is 0.465 e. The van der Waals surface area contributed by atoms with E-state index in [0.29, 0.717) is 30.9 Å². The van der Waals surface area contributed by atoms with Crippen LogP contribution >= 0.6 is 0 Å². The van der Waals surface area contributed by atoms with E-state index in [9.17, 15) is 14.4 Å². The van der Waals surface area contributed by atoms with Gasteiger partial charge in [-0.25, -0.2) is 9.78 Å². The van der Waals surface area contributed by atoms with Gasteiger partial charge in [0.05, 0.1) is 24.1 Å². The van der Waals surface area contributed by atoms with Crippen LogP contribution < -0.4 is 10.6 Å². The summed E-state index contributed by atoms with van der Waals surface area (Å²) in [7, 11) is 1.28. The minimum Gasteiger partial charge on any atom is -0.465 e. The van der Waals surface area contributed by atoms with E-state index in [2.05, 4.69) is 15.6 Å². The number of methoxy groups -OCH3 is 1. The molecule has 2 heterocycles. The van der Waals surface area contributed by atoms with Crippen molar-refractivity contribution < 1.29 is 19.1 Å². The zero-order valence-corrected chi connectivity index (χ0v) is 16.1. The van der Waals surface area contributed by atoms with Crippen LogP contribution in [0.4, 0.5) is 5.69 Å². The van der Waals surface area contributed by atoms with Gasteiger partial charge in [-0.05, 0) is 37.8 Å². The van der Waals surface area contributed by atoms with Gasteiger partial charge in [0.25, 0.3) is 11.8 Å². The first-order chi connectivity index (χ1) is 13.6. The molecule has 8 nitrogen and oxygen atoms in total. The summed E-state index contributed by atoms with van der Waals surface area (Å²) < 4.78 is 6.57. The van der Waals surface area contributed by atoms with E-state index < -0.39 is 11.9 Å². The number of amides is 2. The third-order valence-electron chi connectivity index (χ3n) is 4.65. The molecule has 0 unspecified atom stereocenters. The normalized spacial score (nSPS) is 12.8. The van der Waals surface area contributed by atoms with Crippen LogP contribution in [-0.4, -0.2) is 41.0 Å². The second kappa shape index (κ2) is 8.69. The van der Waals surface area contributed by atoms with Crippen LogP contribution in [0.25, 0.3) is 0 Å². The first kappa shape index (κ1) is 19.6. The Bertz CT molecular complexity index is 904. The summed E-state index contributed by atoms with van der Waals surface area (Å²) in [4.78, 5) is 41.7. The Kier molecular flexibility index (Phi) is 6.08. The lowest BCUT2D eigenvalue weighted by atomic mass is 10.1. The third-order valence-corrected chi connectivity index (χ3v) is 4.65. The first-order valence-corrected chi connectivity index (χ1v) is 9.43. The van der Waals surface area contributed by atoms with E-state index in [1.54, 1.807) is 28.8 Å². The molecule has 0 saturated carbocycles. The van der Waals surface area contributed by atoms with Crippen molar-refractivity contribution in [2.24, 2.45) is 0 Å². The van der Waals surface area contributed by atoms with E-state index in [0.717, 1.165) is 25.0 Å². The molecule has 1 aliphatic rings. The maximum atomic E-state index is 12.9. The molecule has 8 heteroatoms. The molecule has 2 amide bonds. The minimum atomic E-state index is -0.541. The number of carbonyl (C=O) groups is 3. The van der Waals surface area contributed by atoms with Gasteiger partial charge in [0.15, 0.2) is 5.82 Å². The number of hydrogen-bond acceptors (Lipinski definition) is 5. The highest BCUT2D eigenvalue weighted by Gasteiger charge is 2.28. The van der Waals surface area contributed by atoms with Gasteiger partial charge in [0.2, 0.25) is 0 Å². The Labute approximate surface area is 163 Å². The zero-order valence-electron chi connectivity index (χ0n) is 16.1. The molecule has 0 aliphatic carbocycles. The molecule has 1 aliphatic heterocycles. The van der Waals surface area contributed by atoms with Gasteiger partial charge in [-0.1, -0.05) is 19.1 Å². The molecule has 0 radical (unpaired) electrons. The third kappa shape index (κ3) is 3.90. The first-order valence-electron chi connectivity index (χ1n) is 9.43. The molecule has 148 valence electrons. The van der Waals surface area contributed by atoms with Crippen LogP contribution in [0, 0.1) is 0 Å². The number of nitrogens with zero attached hydrogens (tertiary/aromatic N) is 2. The summed E-state index contributed by atoms with van der Waals surface area (Å²) in [6.07, 6.45) is 3.39. The summed E-state index contributed by atoms with van der Waals surface area (Å²) in [5, 5.41) is 5.56. The Morgan fingerprint density at radius 3 is 2.71 bits per heavy atom. The van der Waals surface area contributed by atoms with Gasteiger partial charge in [-0.3, -0.25) is 9.59 Å². The fourth-order valence-electron chi connectivity index (χ4n) is 3.28. The molecule has 28 heavy (non-hydrogen) atoms. The average Bonchev–Trinajstić information content (AvgIpc) is 3.12. The molecular weight excluding hydrogens is 360 g/mol. The van der Waals surface area contributed by atoms with Crippen LogP contribution in [0.3, 0.4) is 0 Å². The van der Waals surface area contributed by atoms with Crippen molar-refractivity contribution in [2.45, 2.75) is 39.2 Å². The van der Waals surface area contributed by atoms with Gasteiger partial charge < -0.3 is 19.9 Å².